The number of hydrogen-bond acceptors (Lipinski definition) is 2. The smallest absolute Gasteiger partial charge is 0.0735 e. The summed E-state index contributed by atoms with van der Waals surface area (Å²) in [5, 5.41) is 2.60. The predicted molar refractivity (Wildman–Crippen MR) is 218 cm³/mol. The fraction of sp³-hybridized carbons (Fsp3) is 0.0800. The highest BCUT2D eigenvalue weighted by molar-refractivity contribution is 7.99. The quantitative estimate of drug-likeness (QED) is 0.183. The van der Waals surface area contributed by atoms with Crippen molar-refractivity contribution >= 4 is 39.6 Å². The molecule has 8 aromatic carbocycles. The highest BCUT2D eigenvalue weighted by Gasteiger charge is 2.50. The van der Waals surface area contributed by atoms with Crippen molar-refractivity contribution in [2.75, 3.05) is 4.90 Å². The van der Waals surface area contributed by atoms with Crippen molar-refractivity contribution in [3.8, 4) is 22.3 Å². The van der Waals surface area contributed by atoms with Crippen LogP contribution in [0.1, 0.15) is 47.2 Å². The van der Waals surface area contributed by atoms with E-state index in [2.05, 4.69) is 195 Å². The van der Waals surface area contributed by atoms with E-state index in [4.69, 9.17) is 0 Å². The van der Waals surface area contributed by atoms with Crippen LogP contribution in [-0.4, -0.2) is 0 Å². The molecule has 0 bridgehead atoms. The topological polar surface area (TPSA) is 3.24 Å². The molecule has 0 N–H and O–H groups in total. The van der Waals surface area contributed by atoms with E-state index in [-0.39, 0.29) is 10.8 Å². The largest absolute Gasteiger partial charge is 0.310 e. The van der Waals surface area contributed by atoms with Crippen molar-refractivity contribution in [1.82, 2.24) is 0 Å². The molecule has 52 heavy (non-hydrogen) atoms. The minimum atomic E-state index is -0.385. The maximum atomic E-state index is 2.45. The van der Waals surface area contributed by atoms with Crippen LogP contribution in [0.4, 0.5) is 17.1 Å². The lowest BCUT2D eigenvalue weighted by molar-refractivity contribution is 0.661. The van der Waals surface area contributed by atoms with Gasteiger partial charge >= 0.3 is 0 Å². The zero-order valence-electron chi connectivity index (χ0n) is 29.1. The van der Waals surface area contributed by atoms with Crippen LogP contribution in [0, 0.1) is 0 Å². The monoisotopic (exact) mass is 681 g/mol. The second-order valence-electron chi connectivity index (χ2n) is 14.9. The van der Waals surface area contributed by atoms with Gasteiger partial charge in [0.15, 0.2) is 0 Å². The van der Waals surface area contributed by atoms with Gasteiger partial charge in [-0.15, -0.1) is 0 Å². The summed E-state index contributed by atoms with van der Waals surface area (Å²) in [6, 6.07) is 65.8. The number of hydrogen-bond donors (Lipinski definition) is 0. The third-order valence-corrected chi connectivity index (χ3v) is 13.0. The van der Waals surface area contributed by atoms with Crippen LogP contribution >= 0.6 is 11.8 Å². The van der Waals surface area contributed by atoms with Gasteiger partial charge in [0, 0.05) is 32.3 Å². The Morgan fingerprint density at radius 3 is 1.75 bits per heavy atom. The number of rotatable bonds is 3. The number of benzene rings is 8. The first kappa shape index (κ1) is 29.9. The Bertz CT molecular complexity index is 2710. The average Bonchev–Trinajstić information content (AvgIpc) is 3.61. The lowest BCUT2D eigenvalue weighted by atomic mass is 9.67. The van der Waals surface area contributed by atoms with Gasteiger partial charge in [-0.05, 0) is 109 Å². The zero-order chi connectivity index (χ0) is 34.6. The van der Waals surface area contributed by atoms with Gasteiger partial charge in [0.2, 0.25) is 0 Å². The second-order valence-corrected chi connectivity index (χ2v) is 15.9. The van der Waals surface area contributed by atoms with Gasteiger partial charge in [-0.2, -0.15) is 0 Å². The van der Waals surface area contributed by atoms with E-state index in [1.165, 1.54) is 76.2 Å². The summed E-state index contributed by atoms with van der Waals surface area (Å²) in [6.45, 7) is 4.74. The molecule has 1 aliphatic heterocycles. The summed E-state index contributed by atoms with van der Waals surface area (Å²) < 4.78 is 0. The highest BCUT2D eigenvalue weighted by Crippen LogP contribution is 2.62. The summed E-state index contributed by atoms with van der Waals surface area (Å²) >= 11 is 1.90. The van der Waals surface area contributed by atoms with E-state index >= 15 is 0 Å². The lowest BCUT2D eigenvalue weighted by Gasteiger charge is -2.40. The first-order chi connectivity index (χ1) is 25.5. The average molecular weight is 682 g/mol. The fourth-order valence-corrected chi connectivity index (χ4v) is 10.9. The second kappa shape index (κ2) is 10.8. The molecule has 11 rings (SSSR count). The van der Waals surface area contributed by atoms with E-state index in [1.54, 1.807) is 0 Å². The molecule has 8 aromatic rings. The van der Waals surface area contributed by atoms with E-state index in [0.717, 1.165) is 17.1 Å². The van der Waals surface area contributed by atoms with Crippen molar-refractivity contribution in [3.05, 3.63) is 209 Å². The molecule has 0 unspecified atom stereocenters. The van der Waals surface area contributed by atoms with Crippen LogP contribution in [0.15, 0.2) is 186 Å². The molecule has 0 aromatic heterocycles. The fourth-order valence-electron chi connectivity index (χ4n) is 9.66. The van der Waals surface area contributed by atoms with Gasteiger partial charge < -0.3 is 4.90 Å². The SMILES string of the molecule is CC1(C)c2ccc(N(c3ccccc3)c3ccc4c(c3)Sc3ccccc3C43c4ccccc4-c4ccccc43)cc2-c2c1ccc1ccccc21. The van der Waals surface area contributed by atoms with Gasteiger partial charge in [0.05, 0.1) is 5.41 Å². The summed E-state index contributed by atoms with van der Waals surface area (Å²) in [5.74, 6) is 0. The molecule has 0 fully saturated rings. The molecule has 0 atom stereocenters. The van der Waals surface area contributed by atoms with Gasteiger partial charge in [0.1, 0.15) is 0 Å². The highest BCUT2D eigenvalue weighted by atomic mass is 32.2. The van der Waals surface area contributed by atoms with Crippen LogP contribution < -0.4 is 4.90 Å². The summed E-state index contributed by atoms with van der Waals surface area (Å²) in [5.41, 5.74) is 16.6. The molecular weight excluding hydrogens is 647 g/mol. The molecule has 1 heterocycles. The number of fused-ring (bicyclic) bond motifs is 14. The Kier molecular flexibility index (Phi) is 6.22. The zero-order valence-corrected chi connectivity index (χ0v) is 29.9. The molecule has 0 saturated heterocycles. The van der Waals surface area contributed by atoms with Crippen LogP contribution in [0.5, 0.6) is 0 Å². The Labute approximate surface area is 309 Å². The van der Waals surface area contributed by atoms with Crippen molar-refractivity contribution in [1.29, 1.82) is 0 Å². The van der Waals surface area contributed by atoms with E-state index in [0.29, 0.717) is 0 Å². The summed E-state index contributed by atoms with van der Waals surface area (Å²) in [4.78, 5) is 5.05. The van der Waals surface area contributed by atoms with Gasteiger partial charge in [-0.3, -0.25) is 0 Å². The summed E-state index contributed by atoms with van der Waals surface area (Å²) in [7, 11) is 0. The number of para-hydroxylation sites is 1. The van der Waals surface area contributed by atoms with E-state index in [9.17, 15) is 0 Å². The van der Waals surface area contributed by atoms with Gasteiger partial charge in [0.25, 0.3) is 0 Å². The summed E-state index contributed by atoms with van der Waals surface area (Å²) in [6.07, 6.45) is 0. The van der Waals surface area contributed by atoms with E-state index < -0.39 is 0 Å². The first-order valence-electron chi connectivity index (χ1n) is 18.2. The Hall–Kier alpha value is -5.83. The molecule has 0 saturated carbocycles. The van der Waals surface area contributed by atoms with E-state index in [1.807, 2.05) is 11.8 Å². The molecule has 3 aliphatic rings. The molecular formula is C50H35NS. The molecule has 1 nitrogen and oxygen atoms in total. The van der Waals surface area contributed by atoms with Gasteiger partial charge in [-0.1, -0.05) is 159 Å². The van der Waals surface area contributed by atoms with Crippen LogP contribution in [0.3, 0.4) is 0 Å². The maximum Gasteiger partial charge on any atom is 0.0735 e. The molecule has 0 radical (unpaired) electrons. The van der Waals surface area contributed by atoms with Crippen molar-refractivity contribution in [2.45, 2.75) is 34.5 Å². The van der Waals surface area contributed by atoms with Crippen molar-refractivity contribution in [2.24, 2.45) is 0 Å². The van der Waals surface area contributed by atoms with Crippen molar-refractivity contribution < 1.29 is 0 Å². The van der Waals surface area contributed by atoms with Crippen LogP contribution in [0.2, 0.25) is 0 Å². The first-order valence-corrected chi connectivity index (χ1v) is 19.0. The predicted octanol–water partition coefficient (Wildman–Crippen LogP) is 13.4. The third-order valence-electron chi connectivity index (χ3n) is 11.9. The molecule has 2 heteroatoms. The number of nitrogens with zero attached hydrogens (tertiary/aromatic N) is 1. The van der Waals surface area contributed by atoms with Crippen LogP contribution in [0.25, 0.3) is 33.0 Å². The molecule has 1 spiro atoms. The Balaban J connectivity index is 1.14. The van der Waals surface area contributed by atoms with Crippen LogP contribution in [-0.2, 0) is 10.8 Å². The standard InChI is InChI=1S/C50H35NS/c1-49(2)40-28-25-34(30-39(40)48-36-17-7-6-14-32(36)24-27-45(48)49)51(33-15-4-3-5-16-33)35-26-29-44-47(31-35)52-46-23-13-12-22-43(46)50(44)41-20-10-8-18-37(41)38-19-9-11-21-42(38)50/h3-31H,1-2H3. The molecule has 0 amide bonds. The molecule has 2 aliphatic carbocycles. The minimum absolute atomic E-state index is 0.0805. The molecule has 246 valence electrons. The maximum absolute atomic E-state index is 2.45. The Morgan fingerprint density at radius 2 is 0.981 bits per heavy atom. The number of anilines is 3. The van der Waals surface area contributed by atoms with Gasteiger partial charge in [-0.25, -0.2) is 0 Å². The Morgan fingerprint density at radius 1 is 0.404 bits per heavy atom. The minimum Gasteiger partial charge on any atom is -0.310 e. The normalized spacial score (nSPS) is 15.0. The lowest BCUT2D eigenvalue weighted by Crippen LogP contribution is -2.32. The van der Waals surface area contributed by atoms with Crippen molar-refractivity contribution in [3.63, 3.8) is 0 Å². The third kappa shape index (κ3) is 3.91.